The van der Waals surface area contributed by atoms with Crippen molar-refractivity contribution in [3.05, 3.63) is 123 Å². The fourth-order valence-electron chi connectivity index (χ4n) is 4.80. The number of hydrogen-bond acceptors (Lipinski definition) is 7. The molecule has 1 aliphatic heterocycles. The number of esters is 1. The van der Waals surface area contributed by atoms with Gasteiger partial charge in [0, 0.05) is 20.1 Å². The number of nitrogens with zero attached hydrogens (tertiary/aromatic N) is 2. The van der Waals surface area contributed by atoms with Crippen LogP contribution in [0.3, 0.4) is 0 Å². The third-order valence-corrected chi connectivity index (χ3v) is 8.66. The molecule has 0 spiro atoms. The SMILES string of the molecule is CCOC(=O)C1=C(C)N=c2s/c(=C/c3cc(Br)ccc3OCc3ccc(Br)cc3)c(=O)n2[C@@H]1c1ccccc1OC(C)C. The van der Waals surface area contributed by atoms with E-state index in [9.17, 15) is 9.59 Å². The number of para-hydroxylation sites is 1. The van der Waals surface area contributed by atoms with Crippen molar-refractivity contribution in [2.45, 2.75) is 46.4 Å². The molecule has 0 fully saturated rings. The van der Waals surface area contributed by atoms with Crippen LogP contribution in [-0.4, -0.2) is 23.2 Å². The second kappa shape index (κ2) is 13.4. The van der Waals surface area contributed by atoms with Crippen molar-refractivity contribution >= 4 is 55.2 Å². The van der Waals surface area contributed by atoms with Crippen LogP contribution in [0.1, 0.15) is 50.4 Å². The Balaban J connectivity index is 1.64. The molecule has 43 heavy (non-hydrogen) atoms. The van der Waals surface area contributed by atoms with Crippen LogP contribution in [0, 0.1) is 0 Å². The van der Waals surface area contributed by atoms with Gasteiger partial charge in [0.2, 0.25) is 0 Å². The number of rotatable bonds is 9. The molecular weight excluding hydrogens is 696 g/mol. The number of carbonyl (C=O) groups excluding carboxylic acids is 1. The highest BCUT2D eigenvalue weighted by Crippen LogP contribution is 2.36. The topological polar surface area (TPSA) is 79.1 Å². The van der Waals surface area contributed by atoms with Gasteiger partial charge in [-0.25, -0.2) is 9.79 Å². The van der Waals surface area contributed by atoms with E-state index in [-0.39, 0.29) is 18.3 Å². The Bertz CT molecular complexity index is 1880. The summed E-state index contributed by atoms with van der Waals surface area (Å²) in [5.74, 6) is 0.703. The Morgan fingerprint density at radius 1 is 1.05 bits per heavy atom. The number of fused-ring (bicyclic) bond motifs is 1. The minimum absolute atomic E-state index is 0.111. The van der Waals surface area contributed by atoms with Crippen molar-refractivity contribution < 1.29 is 19.0 Å². The summed E-state index contributed by atoms with van der Waals surface area (Å²) in [5.41, 5.74) is 2.96. The van der Waals surface area contributed by atoms with Gasteiger partial charge in [-0.2, -0.15) is 0 Å². The van der Waals surface area contributed by atoms with Gasteiger partial charge >= 0.3 is 5.97 Å². The molecule has 5 rings (SSSR count). The van der Waals surface area contributed by atoms with Crippen molar-refractivity contribution in [3.8, 4) is 11.5 Å². The molecule has 2 heterocycles. The number of carbonyl (C=O) groups is 1. The highest BCUT2D eigenvalue weighted by Gasteiger charge is 2.35. The van der Waals surface area contributed by atoms with E-state index in [1.165, 1.54) is 11.3 Å². The first-order valence-electron chi connectivity index (χ1n) is 13.8. The van der Waals surface area contributed by atoms with Crippen LogP contribution >= 0.6 is 43.2 Å². The van der Waals surface area contributed by atoms with E-state index >= 15 is 0 Å². The molecule has 0 amide bonds. The van der Waals surface area contributed by atoms with Crippen molar-refractivity contribution in [2.75, 3.05) is 6.61 Å². The van der Waals surface area contributed by atoms with Crippen molar-refractivity contribution in [1.82, 2.24) is 4.57 Å². The number of benzene rings is 3. The monoisotopic (exact) mass is 724 g/mol. The standard InChI is InChI=1S/C33H30Br2N2O5S/c1-5-40-32(39)29-20(4)36-33-37(30(29)25-8-6-7-9-27(25)42-19(2)3)31(38)28(43-33)17-22-16-24(35)14-15-26(22)41-18-21-10-12-23(34)13-11-21/h6-17,19,30H,5,18H2,1-4H3/b28-17+/t30-/m1/s1. The molecule has 222 valence electrons. The number of halogens is 2. The van der Waals surface area contributed by atoms with Crippen LogP contribution in [0.15, 0.2) is 96.7 Å². The first-order valence-corrected chi connectivity index (χ1v) is 16.2. The zero-order chi connectivity index (χ0) is 30.7. The average molecular weight is 726 g/mol. The van der Waals surface area contributed by atoms with Gasteiger partial charge in [0.05, 0.1) is 28.5 Å². The van der Waals surface area contributed by atoms with Crippen LogP contribution < -0.4 is 24.4 Å². The summed E-state index contributed by atoms with van der Waals surface area (Å²) in [6, 6.07) is 20.3. The Morgan fingerprint density at radius 3 is 2.49 bits per heavy atom. The fourth-order valence-corrected chi connectivity index (χ4v) is 6.48. The summed E-state index contributed by atoms with van der Waals surface area (Å²) < 4.78 is 21.6. The molecule has 0 bridgehead atoms. The zero-order valence-electron chi connectivity index (χ0n) is 24.1. The van der Waals surface area contributed by atoms with Crippen molar-refractivity contribution in [2.24, 2.45) is 4.99 Å². The third-order valence-electron chi connectivity index (χ3n) is 6.66. The van der Waals surface area contributed by atoms with E-state index in [4.69, 9.17) is 19.2 Å². The quantitative estimate of drug-likeness (QED) is 0.180. The second-order valence-electron chi connectivity index (χ2n) is 10.1. The van der Waals surface area contributed by atoms with Gasteiger partial charge in [-0.05, 0) is 75.7 Å². The molecule has 3 aromatic carbocycles. The van der Waals surface area contributed by atoms with E-state index in [0.717, 1.165) is 20.1 Å². The highest BCUT2D eigenvalue weighted by molar-refractivity contribution is 9.10. The van der Waals surface area contributed by atoms with Gasteiger partial charge in [0.15, 0.2) is 4.80 Å². The molecule has 4 aromatic rings. The van der Waals surface area contributed by atoms with Gasteiger partial charge in [0.1, 0.15) is 24.1 Å². The maximum absolute atomic E-state index is 14.2. The molecule has 0 saturated heterocycles. The van der Waals surface area contributed by atoms with E-state index in [1.54, 1.807) is 18.4 Å². The van der Waals surface area contributed by atoms with Crippen molar-refractivity contribution in [1.29, 1.82) is 0 Å². The fraction of sp³-hybridized carbons (Fsp3) is 0.242. The van der Waals surface area contributed by atoms with Gasteiger partial charge in [0.25, 0.3) is 5.56 Å². The largest absolute Gasteiger partial charge is 0.491 e. The Hall–Kier alpha value is -3.47. The lowest BCUT2D eigenvalue weighted by atomic mass is 9.95. The second-order valence-corrected chi connectivity index (χ2v) is 12.9. The van der Waals surface area contributed by atoms with Crippen LogP contribution in [0.2, 0.25) is 0 Å². The number of aromatic nitrogens is 1. The van der Waals surface area contributed by atoms with Gasteiger partial charge < -0.3 is 14.2 Å². The summed E-state index contributed by atoms with van der Waals surface area (Å²) in [7, 11) is 0. The molecule has 7 nitrogen and oxygen atoms in total. The van der Waals surface area contributed by atoms with Gasteiger partial charge in [-0.15, -0.1) is 0 Å². The Morgan fingerprint density at radius 2 is 1.77 bits per heavy atom. The lowest BCUT2D eigenvalue weighted by molar-refractivity contribution is -0.139. The van der Waals surface area contributed by atoms with E-state index in [1.807, 2.05) is 86.7 Å². The Labute approximate surface area is 270 Å². The number of hydrogen-bond donors (Lipinski definition) is 0. The third kappa shape index (κ3) is 6.87. The summed E-state index contributed by atoms with van der Waals surface area (Å²) in [4.78, 5) is 32.7. The minimum Gasteiger partial charge on any atom is -0.491 e. The lowest BCUT2D eigenvalue weighted by Crippen LogP contribution is -2.40. The zero-order valence-corrected chi connectivity index (χ0v) is 28.1. The first kappa shape index (κ1) is 31.0. The predicted molar refractivity (Wildman–Crippen MR) is 175 cm³/mol. The van der Waals surface area contributed by atoms with E-state index < -0.39 is 12.0 Å². The molecular formula is C33H30Br2N2O5S. The van der Waals surface area contributed by atoms with Crippen LogP contribution in [0.5, 0.6) is 11.5 Å². The minimum atomic E-state index is -0.775. The number of thiazole rings is 1. The predicted octanol–water partition coefficient (Wildman–Crippen LogP) is 6.69. The molecule has 0 N–H and O–H groups in total. The van der Waals surface area contributed by atoms with Crippen LogP contribution in [-0.2, 0) is 16.1 Å². The van der Waals surface area contributed by atoms with Gasteiger partial charge in [-0.3, -0.25) is 9.36 Å². The summed E-state index contributed by atoms with van der Waals surface area (Å²) in [6.07, 6.45) is 1.70. The molecule has 1 atom stereocenters. The average Bonchev–Trinajstić information content (AvgIpc) is 3.27. The summed E-state index contributed by atoms with van der Waals surface area (Å²) in [5, 5.41) is 0. The summed E-state index contributed by atoms with van der Waals surface area (Å²) >= 11 is 8.27. The molecule has 0 radical (unpaired) electrons. The number of allylic oxidation sites excluding steroid dienone is 1. The molecule has 0 aliphatic carbocycles. The van der Waals surface area contributed by atoms with E-state index in [0.29, 0.717) is 44.3 Å². The van der Waals surface area contributed by atoms with Crippen molar-refractivity contribution in [3.63, 3.8) is 0 Å². The van der Waals surface area contributed by atoms with Crippen LogP contribution in [0.4, 0.5) is 0 Å². The Kier molecular flexibility index (Phi) is 9.68. The molecule has 10 heteroatoms. The lowest BCUT2D eigenvalue weighted by Gasteiger charge is -2.26. The maximum atomic E-state index is 14.2. The number of ether oxygens (including phenoxy) is 3. The molecule has 1 aromatic heterocycles. The first-order chi connectivity index (χ1) is 20.7. The summed E-state index contributed by atoms with van der Waals surface area (Å²) in [6.45, 7) is 7.95. The molecule has 0 unspecified atom stereocenters. The highest BCUT2D eigenvalue weighted by atomic mass is 79.9. The van der Waals surface area contributed by atoms with E-state index in [2.05, 4.69) is 31.9 Å². The van der Waals surface area contributed by atoms with Gasteiger partial charge in [-0.1, -0.05) is 73.5 Å². The smallest absolute Gasteiger partial charge is 0.338 e. The molecule has 1 aliphatic rings. The normalized spacial score (nSPS) is 14.9. The maximum Gasteiger partial charge on any atom is 0.338 e. The van der Waals surface area contributed by atoms with Crippen LogP contribution in [0.25, 0.3) is 6.08 Å². The molecule has 0 saturated carbocycles.